The van der Waals surface area contributed by atoms with Crippen LogP contribution in [0, 0.1) is 0 Å². The lowest BCUT2D eigenvalue weighted by atomic mass is 10.1. The van der Waals surface area contributed by atoms with Gasteiger partial charge in [-0.25, -0.2) is 8.42 Å². The molecular formula is C11H21NO3S. The molecule has 0 aliphatic carbocycles. The second-order valence-corrected chi connectivity index (χ2v) is 7.24. The average Bonchev–Trinajstić information content (AvgIpc) is 2.60. The number of hydrogen-bond donors (Lipinski definition) is 1. The van der Waals surface area contributed by atoms with E-state index >= 15 is 0 Å². The molecule has 1 N–H and O–H groups in total. The molecule has 0 aromatic rings. The summed E-state index contributed by atoms with van der Waals surface area (Å²) >= 11 is 0. The van der Waals surface area contributed by atoms with Gasteiger partial charge in [0.25, 0.3) is 0 Å². The molecule has 2 heterocycles. The Morgan fingerprint density at radius 1 is 1.31 bits per heavy atom. The topological polar surface area (TPSA) is 55.4 Å². The minimum absolute atomic E-state index is 0.137. The van der Waals surface area contributed by atoms with E-state index in [1.54, 1.807) is 0 Å². The van der Waals surface area contributed by atoms with Crippen LogP contribution in [0.2, 0.25) is 0 Å². The van der Waals surface area contributed by atoms with E-state index in [0.29, 0.717) is 17.6 Å². The number of ether oxygens (including phenoxy) is 1. The van der Waals surface area contributed by atoms with Crippen molar-refractivity contribution in [2.75, 3.05) is 18.1 Å². The maximum atomic E-state index is 11.4. The standard InChI is InChI=1S/C11H21NO3S/c1-9-4-5-11(15-9)7-12-10-3-2-6-16(13,14)8-10/h9-12H,2-8H2,1H3. The van der Waals surface area contributed by atoms with E-state index in [4.69, 9.17) is 4.74 Å². The van der Waals surface area contributed by atoms with Gasteiger partial charge in [0.2, 0.25) is 0 Å². The molecule has 0 saturated carbocycles. The first-order valence-corrected chi connectivity index (χ1v) is 7.96. The highest BCUT2D eigenvalue weighted by atomic mass is 32.2. The van der Waals surface area contributed by atoms with Crippen LogP contribution in [0.3, 0.4) is 0 Å². The molecule has 2 aliphatic rings. The van der Waals surface area contributed by atoms with Gasteiger partial charge in [-0.1, -0.05) is 0 Å². The van der Waals surface area contributed by atoms with Crippen LogP contribution in [-0.4, -0.2) is 44.7 Å². The SMILES string of the molecule is CC1CCC(CNC2CCCS(=O)(=O)C2)O1. The van der Waals surface area contributed by atoms with Gasteiger partial charge >= 0.3 is 0 Å². The first-order chi connectivity index (χ1) is 7.55. The minimum atomic E-state index is -2.79. The summed E-state index contributed by atoms with van der Waals surface area (Å²) in [7, 11) is -2.79. The van der Waals surface area contributed by atoms with Gasteiger partial charge < -0.3 is 10.1 Å². The van der Waals surface area contributed by atoms with Gasteiger partial charge in [-0.15, -0.1) is 0 Å². The lowest BCUT2D eigenvalue weighted by Crippen LogP contribution is -2.43. The molecule has 0 spiro atoms. The third-order valence-corrected chi connectivity index (χ3v) is 5.24. The Morgan fingerprint density at radius 3 is 2.75 bits per heavy atom. The Balaban J connectivity index is 1.73. The third kappa shape index (κ3) is 3.43. The molecule has 2 aliphatic heterocycles. The van der Waals surface area contributed by atoms with Gasteiger partial charge in [-0.2, -0.15) is 0 Å². The normalized spacial score (nSPS) is 38.7. The Labute approximate surface area is 97.7 Å². The minimum Gasteiger partial charge on any atom is -0.374 e. The molecule has 2 saturated heterocycles. The van der Waals surface area contributed by atoms with Crippen LogP contribution in [0.4, 0.5) is 0 Å². The van der Waals surface area contributed by atoms with Crippen molar-refractivity contribution in [2.24, 2.45) is 0 Å². The van der Waals surface area contributed by atoms with Crippen molar-refractivity contribution in [2.45, 2.75) is 50.9 Å². The summed E-state index contributed by atoms with van der Waals surface area (Å²) in [6, 6.07) is 0.137. The average molecular weight is 247 g/mol. The third-order valence-electron chi connectivity index (χ3n) is 3.42. The monoisotopic (exact) mass is 247 g/mol. The van der Waals surface area contributed by atoms with Crippen molar-refractivity contribution in [3.63, 3.8) is 0 Å². The zero-order valence-electron chi connectivity index (χ0n) is 9.81. The van der Waals surface area contributed by atoms with Crippen molar-refractivity contribution in [3.05, 3.63) is 0 Å². The quantitative estimate of drug-likeness (QED) is 0.798. The molecular weight excluding hydrogens is 226 g/mol. The van der Waals surface area contributed by atoms with Crippen LogP contribution >= 0.6 is 0 Å². The van der Waals surface area contributed by atoms with Gasteiger partial charge in [0, 0.05) is 12.6 Å². The number of nitrogens with one attached hydrogen (secondary N) is 1. The zero-order chi connectivity index (χ0) is 11.6. The van der Waals surface area contributed by atoms with Crippen molar-refractivity contribution >= 4 is 9.84 Å². The van der Waals surface area contributed by atoms with Gasteiger partial charge in [0.05, 0.1) is 23.7 Å². The highest BCUT2D eigenvalue weighted by Gasteiger charge is 2.26. The van der Waals surface area contributed by atoms with E-state index in [1.807, 2.05) is 0 Å². The van der Waals surface area contributed by atoms with E-state index in [9.17, 15) is 8.42 Å². The van der Waals surface area contributed by atoms with Crippen LogP contribution in [0.1, 0.15) is 32.6 Å². The van der Waals surface area contributed by atoms with Crippen LogP contribution in [0.15, 0.2) is 0 Å². The Bertz CT molecular complexity index is 328. The summed E-state index contributed by atoms with van der Waals surface area (Å²) < 4.78 is 28.6. The Hall–Kier alpha value is -0.130. The summed E-state index contributed by atoms with van der Waals surface area (Å²) in [5, 5.41) is 3.34. The summed E-state index contributed by atoms with van der Waals surface area (Å²) in [6.45, 7) is 2.88. The second-order valence-electron chi connectivity index (χ2n) is 5.01. The molecule has 94 valence electrons. The number of sulfone groups is 1. The van der Waals surface area contributed by atoms with Crippen LogP contribution in [0.25, 0.3) is 0 Å². The smallest absolute Gasteiger partial charge is 0.151 e. The molecule has 5 heteroatoms. The van der Waals surface area contributed by atoms with E-state index < -0.39 is 9.84 Å². The van der Waals surface area contributed by atoms with E-state index in [1.165, 1.54) is 0 Å². The van der Waals surface area contributed by atoms with Crippen LogP contribution in [0.5, 0.6) is 0 Å². The molecule has 2 rings (SSSR count). The van der Waals surface area contributed by atoms with E-state index in [-0.39, 0.29) is 12.1 Å². The fourth-order valence-corrected chi connectivity index (χ4v) is 4.19. The molecule has 4 nitrogen and oxygen atoms in total. The fraction of sp³-hybridized carbons (Fsp3) is 1.00. The van der Waals surface area contributed by atoms with Crippen LogP contribution < -0.4 is 5.32 Å². The van der Waals surface area contributed by atoms with E-state index in [0.717, 1.165) is 32.2 Å². The summed E-state index contributed by atoms with van der Waals surface area (Å²) in [4.78, 5) is 0. The molecule has 0 radical (unpaired) electrons. The molecule has 0 aromatic carbocycles. The first kappa shape index (κ1) is 12.3. The maximum Gasteiger partial charge on any atom is 0.151 e. The molecule has 2 fully saturated rings. The molecule has 16 heavy (non-hydrogen) atoms. The second kappa shape index (κ2) is 5.02. The maximum absolute atomic E-state index is 11.4. The van der Waals surface area contributed by atoms with Crippen molar-refractivity contribution in [1.29, 1.82) is 0 Å². The molecule has 3 atom stereocenters. The van der Waals surface area contributed by atoms with Crippen molar-refractivity contribution in [3.8, 4) is 0 Å². The van der Waals surface area contributed by atoms with Gasteiger partial charge in [-0.05, 0) is 32.6 Å². The highest BCUT2D eigenvalue weighted by molar-refractivity contribution is 7.91. The fourth-order valence-electron chi connectivity index (χ4n) is 2.52. The summed E-state index contributed by atoms with van der Waals surface area (Å²) in [5.41, 5.74) is 0. The predicted molar refractivity (Wildman–Crippen MR) is 63.2 cm³/mol. The predicted octanol–water partition coefficient (Wildman–Crippen LogP) is 0.721. The van der Waals surface area contributed by atoms with E-state index in [2.05, 4.69) is 12.2 Å². The largest absolute Gasteiger partial charge is 0.374 e. The number of hydrogen-bond acceptors (Lipinski definition) is 4. The van der Waals surface area contributed by atoms with Gasteiger partial charge in [-0.3, -0.25) is 0 Å². The molecule has 0 amide bonds. The zero-order valence-corrected chi connectivity index (χ0v) is 10.6. The molecule has 3 unspecified atom stereocenters. The number of rotatable bonds is 3. The molecule has 0 aromatic heterocycles. The lowest BCUT2D eigenvalue weighted by Gasteiger charge is -2.24. The van der Waals surface area contributed by atoms with Gasteiger partial charge in [0.15, 0.2) is 9.84 Å². The summed E-state index contributed by atoms with van der Waals surface area (Å²) in [5.74, 6) is 0.664. The Morgan fingerprint density at radius 2 is 2.12 bits per heavy atom. The summed E-state index contributed by atoms with van der Waals surface area (Å²) in [6.07, 6.45) is 4.62. The molecule has 0 bridgehead atoms. The van der Waals surface area contributed by atoms with Gasteiger partial charge in [0.1, 0.15) is 0 Å². The lowest BCUT2D eigenvalue weighted by molar-refractivity contribution is 0.0545. The first-order valence-electron chi connectivity index (χ1n) is 6.14. The Kier molecular flexibility index (Phi) is 3.87. The van der Waals surface area contributed by atoms with Crippen molar-refractivity contribution in [1.82, 2.24) is 5.32 Å². The highest BCUT2D eigenvalue weighted by Crippen LogP contribution is 2.19. The van der Waals surface area contributed by atoms with Crippen LogP contribution in [-0.2, 0) is 14.6 Å². The van der Waals surface area contributed by atoms with Crippen molar-refractivity contribution < 1.29 is 13.2 Å².